The smallest absolute Gasteiger partial charge is 0.272 e. The first-order chi connectivity index (χ1) is 16.2. The van der Waals surface area contributed by atoms with Gasteiger partial charge < -0.3 is 25.8 Å². The van der Waals surface area contributed by atoms with Crippen molar-refractivity contribution in [2.75, 3.05) is 38.2 Å². The van der Waals surface area contributed by atoms with Crippen molar-refractivity contribution in [1.82, 2.24) is 14.9 Å². The molecule has 3 rings (SSSR count). The number of carbonyl (C=O) groups is 1. The van der Waals surface area contributed by atoms with Gasteiger partial charge in [-0.2, -0.15) is 0 Å². The van der Waals surface area contributed by atoms with Crippen LogP contribution >= 0.6 is 0 Å². The molecule has 1 aliphatic heterocycles. The number of ether oxygens (including phenoxy) is 1. The molecule has 0 radical (unpaired) electrons. The lowest BCUT2D eigenvalue weighted by atomic mass is 10.1. The summed E-state index contributed by atoms with van der Waals surface area (Å²) in [6.07, 6.45) is 2.73. The van der Waals surface area contributed by atoms with Gasteiger partial charge in [-0.05, 0) is 12.5 Å². The van der Waals surface area contributed by atoms with E-state index in [1.54, 1.807) is 11.8 Å². The van der Waals surface area contributed by atoms with E-state index in [1.807, 2.05) is 0 Å². The van der Waals surface area contributed by atoms with Gasteiger partial charge in [0.2, 0.25) is 0 Å². The van der Waals surface area contributed by atoms with Crippen molar-refractivity contribution in [3.63, 3.8) is 0 Å². The molecule has 0 aliphatic carbocycles. The highest BCUT2D eigenvalue weighted by Crippen LogP contribution is 2.27. The lowest BCUT2D eigenvalue weighted by Gasteiger charge is -2.21. The molecule has 1 amide bonds. The second-order valence-electron chi connectivity index (χ2n) is 7.83. The van der Waals surface area contributed by atoms with Crippen molar-refractivity contribution in [3.05, 3.63) is 41.6 Å². The number of amides is 1. The Labute approximate surface area is 194 Å². The quantitative estimate of drug-likeness (QED) is 0.392. The summed E-state index contributed by atoms with van der Waals surface area (Å²) in [4.78, 5) is 26.3. The SMILES string of the molecule is CCCC(F)(F)CNc1cc(C(=O)N2CCCOCC2)ncc1/C(N)=N/c1ncc(F)cc1O. The number of pyridine rings is 2. The second kappa shape index (κ2) is 11.1. The standard InChI is InChI=1S/C22H27F3N6O3/c1-2-4-22(24,25)13-29-16-10-17(21(33)31-5-3-7-34-8-6-31)27-12-15(16)19(26)30-20-18(32)9-14(23)11-28-20/h9-12,32H,2-8,13H2,1H3,(H,27,29)(H2,26,28,30). The molecule has 3 heterocycles. The summed E-state index contributed by atoms with van der Waals surface area (Å²) in [6, 6.07) is 2.15. The highest BCUT2D eigenvalue weighted by molar-refractivity contribution is 6.04. The molecule has 2 aromatic heterocycles. The number of alkyl halides is 2. The maximum Gasteiger partial charge on any atom is 0.272 e. The third kappa shape index (κ3) is 6.56. The van der Waals surface area contributed by atoms with Crippen LogP contribution in [0.15, 0.2) is 29.5 Å². The Balaban J connectivity index is 1.95. The number of hydrogen-bond acceptors (Lipinski definition) is 7. The summed E-state index contributed by atoms with van der Waals surface area (Å²) < 4.78 is 46.9. The number of aliphatic imine (C=N–C) groups is 1. The van der Waals surface area contributed by atoms with E-state index in [-0.39, 0.29) is 47.3 Å². The van der Waals surface area contributed by atoms with Crippen molar-refractivity contribution in [3.8, 4) is 5.75 Å². The average molecular weight is 480 g/mol. The van der Waals surface area contributed by atoms with E-state index in [0.717, 1.165) is 12.3 Å². The number of nitrogens with two attached hydrogens (primary N) is 1. The molecule has 12 heteroatoms. The normalized spacial score (nSPS) is 15.2. The molecule has 0 spiro atoms. The molecule has 0 aromatic carbocycles. The molecule has 1 fully saturated rings. The van der Waals surface area contributed by atoms with E-state index < -0.39 is 24.0 Å². The van der Waals surface area contributed by atoms with Crippen LogP contribution < -0.4 is 11.1 Å². The summed E-state index contributed by atoms with van der Waals surface area (Å²) >= 11 is 0. The fraction of sp³-hybridized carbons (Fsp3) is 0.455. The van der Waals surface area contributed by atoms with Gasteiger partial charge in [0.1, 0.15) is 17.3 Å². The monoisotopic (exact) mass is 480 g/mol. The molecular weight excluding hydrogens is 453 g/mol. The van der Waals surface area contributed by atoms with Crippen LogP contribution in [0.5, 0.6) is 5.75 Å². The van der Waals surface area contributed by atoms with Crippen LogP contribution in [0.25, 0.3) is 0 Å². The largest absolute Gasteiger partial charge is 0.504 e. The van der Waals surface area contributed by atoms with Gasteiger partial charge in [0.15, 0.2) is 11.6 Å². The van der Waals surface area contributed by atoms with Crippen LogP contribution in [0.1, 0.15) is 42.2 Å². The number of nitrogens with one attached hydrogen (secondary N) is 1. The van der Waals surface area contributed by atoms with Gasteiger partial charge >= 0.3 is 0 Å². The van der Waals surface area contributed by atoms with Crippen molar-refractivity contribution < 1.29 is 27.8 Å². The predicted molar refractivity (Wildman–Crippen MR) is 120 cm³/mol. The number of nitrogens with zero attached hydrogens (tertiary/aromatic N) is 4. The third-order valence-corrected chi connectivity index (χ3v) is 5.10. The molecule has 34 heavy (non-hydrogen) atoms. The average Bonchev–Trinajstić information content (AvgIpc) is 3.08. The number of rotatable bonds is 8. The van der Waals surface area contributed by atoms with Crippen molar-refractivity contribution in [2.24, 2.45) is 10.7 Å². The first-order valence-electron chi connectivity index (χ1n) is 10.9. The Hall–Kier alpha value is -3.41. The van der Waals surface area contributed by atoms with Gasteiger partial charge in [0, 0.05) is 44.1 Å². The first-order valence-corrected chi connectivity index (χ1v) is 10.9. The number of aromatic hydroxyl groups is 1. The summed E-state index contributed by atoms with van der Waals surface area (Å²) in [5, 5.41) is 12.5. The highest BCUT2D eigenvalue weighted by Gasteiger charge is 2.28. The predicted octanol–water partition coefficient (Wildman–Crippen LogP) is 3.07. The molecule has 0 atom stereocenters. The summed E-state index contributed by atoms with van der Waals surface area (Å²) in [5.41, 5.74) is 6.33. The Kier molecular flexibility index (Phi) is 8.26. The van der Waals surface area contributed by atoms with E-state index in [2.05, 4.69) is 20.3 Å². The lowest BCUT2D eigenvalue weighted by molar-refractivity contribution is 0.00586. The van der Waals surface area contributed by atoms with Gasteiger partial charge in [-0.3, -0.25) is 9.78 Å². The van der Waals surface area contributed by atoms with Crippen LogP contribution in [0, 0.1) is 5.82 Å². The first kappa shape index (κ1) is 25.2. The Bertz CT molecular complexity index is 1040. The topological polar surface area (TPSA) is 126 Å². The molecule has 1 saturated heterocycles. The zero-order chi connectivity index (χ0) is 24.7. The van der Waals surface area contributed by atoms with Crippen LogP contribution in [-0.4, -0.2) is 70.5 Å². The van der Waals surface area contributed by atoms with Crippen LogP contribution in [0.4, 0.5) is 24.7 Å². The molecule has 9 nitrogen and oxygen atoms in total. The van der Waals surface area contributed by atoms with E-state index in [1.165, 1.54) is 12.3 Å². The number of halogens is 3. The van der Waals surface area contributed by atoms with E-state index >= 15 is 0 Å². The van der Waals surface area contributed by atoms with Crippen molar-refractivity contribution in [2.45, 2.75) is 32.1 Å². The van der Waals surface area contributed by atoms with Crippen molar-refractivity contribution >= 4 is 23.2 Å². The number of anilines is 1. The summed E-state index contributed by atoms with van der Waals surface area (Å²) in [5.74, 6) is -5.15. The van der Waals surface area contributed by atoms with Crippen LogP contribution in [0.2, 0.25) is 0 Å². The molecule has 0 unspecified atom stereocenters. The number of aromatic nitrogens is 2. The van der Waals surface area contributed by atoms with Crippen LogP contribution in [-0.2, 0) is 4.74 Å². The maximum absolute atomic E-state index is 14.2. The third-order valence-electron chi connectivity index (χ3n) is 5.10. The summed E-state index contributed by atoms with van der Waals surface area (Å²) in [7, 11) is 0. The van der Waals surface area contributed by atoms with Crippen LogP contribution in [0.3, 0.4) is 0 Å². The molecule has 2 aromatic rings. The minimum absolute atomic E-state index is 0.0440. The molecule has 0 bridgehead atoms. The fourth-order valence-corrected chi connectivity index (χ4v) is 3.39. The minimum Gasteiger partial charge on any atom is -0.504 e. The number of hydrogen-bond donors (Lipinski definition) is 3. The van der Waals surface area contributed by atoms with Gasteiger partial charge in [0.05, 0.1) is 24.9 Å². The number of carbonyl (C=O) groups excluding carboxylic acids is 1. The van der Waals surface area contributed by atoms with Gasteiger partial charge in [-0.15, -0.1) is 0 Å². The Morgan fingerprint density at radius 3 is 2.82 bits per heavy atom. The minimum atomic E-state index is -3.00. The van der Waals surface area contributed by atoms with E-state index in [4.69, 9.17) is 10.5 Å². The summed E-state index contributed by atoms with van der Waals surface area (Å²) in [6.45, 7) is 2.77. The zero-order valence-corrected chi connectivity index (χ0v) is 18.7. The van der Waals surface area contributed by atoms with Gasteiger partial charge in [-0.1, -0.05) is 13.3 Å². The molecular formula is C22H27F3N6O3. The van der Waals surface area contributed by atoms with Gasteiger partial charge in [-0.25, -0.2) is 23.1 Å². The molecule has 184 valence electrons. The van der Waals surface area contributed by atoms with E-state index in [0.29, 0.717) is 32.7 Å². The fourth-order valence-electron chi connectivity index (χ4n) is 3.39. The Morgan fingerprint density at radius 2 is 2.09 bits per heavy atom. The Morgan fingerprint density at radius 1 is 1.29 bits per heavy atom. The molecule has 4 N–H and O–H groups in total. The lowest BCUT2D eigenvalue weighted by Crippen LogP contribution is -2.34. The number of amidine groups is 1. The second-order valence-corrected chi connectivity index (χ2v) is 7.83. The highest BCUT2D eigenvalue weighted by atomic mass is 19.3. The molecule has 1 aliphatic rings. The maximum atomic E-state index is 14.2. The van der Waals surface area contributed by atoms with Gasteiger partial charge in [0.25, 0.3) is 11.8 Å². The van der Waals surface area contributed by atoms with E-state index in [9.17, 15) is 23.1 Å². The molecule has 0 saturated carbocycles. The zero-order valence-electron chi connectivity index (χ0n) is 18.7. The van der Waals surface area contributed by atoms with Crippen molar-refractivity contribution in [1.29, 1.82) is 0 Å².